The monoisotopic (exact) mass is 234 g/mol. The predicted octanol–water partition coefficient (Wildman–Crippen LogP) is 2.67. The Morgan fingerprint density at radius 2 is 1.33 bits per heavy atom. The van der Waals surface area contributed by atoms with Gasteiger partial charge in [0.2, 0.25) is 10.9 Å². The van der Waals surface area contributed by atoms with Gasteiger partial charge in [0.05, 0.1) is 0 Å². The van der Waals surface area contributed by atoms with E-state index in [4.69, 9.17) is 0 Å². The molecule has 2 aliphatic carbocycles. The quantitative estimate of drug-likeness (QED) is 0.560. The lowest BCUT2D eigenvalue weighted by Gasteiger charge is -2.04. The van der Waals surface area contributed by atoms with E-state index in [1.165, 1.54) is 6.07 Å². The summed E-state index contributed by atoms with van der Waals surface area (Å²) in [6, 6.07) is 18.2. The van der Waals surface area contributed by atoms with Gasteiger partial charge < -0.3 is 0 Å². The minimum absolute atomic E-state index is 0.431. The average Bonchev–Trinajstić information content (AvgIpc) is 2.36. The van der Waals surface area contributed by atoms with Crippen LogP contribution in [-0.4, -0.2) is 0 Å². The molecule has 1 aromatic carbocycles. The van der Waals surface area contributed by atoms with Crippen LogP contribution in [0, 0.1) is 0 Å². The van der Waals surface area contributed by atoms with Crippen LogP contribution in [-0.2, 0) is 0 Å². The highest BCUT2D eigenvalue weighted by Gasteiger charge is 2.09. The van der Waals surface area contributed by atoms with Gasteiger partial charge in [-0.05, 0) is 22.4 Å². The highest BCUT2D eigenvalue weighted by atomic mass is 16.2. The van der Waals surface area contributed by atoms with Crippen LogP contribution in [0.1, 0.15) is 0 Å². The zero-order chi connectivity index (χ0) is 12.5. The first-order valence-electron chi connectivity index (χ1n) is 5.72. The van der Waals surface area contributed by atoms with E-state index in [-0.39, 0.29) is 0 Å². The lowest BCUT2D eigenvalue weighted by atomic mass is 9.98. The van der Waals surface area contributed by atoms with Crippen LogP contribution in [0.4, 0.5) is 0 Å². The van der Waals surface area contributed by atoms with Crippen molar-refractivity contribution in [2.75, 3.05) is 0 Å². The van der Waals surface area contributed by atoms with Gasteiger partial charge in [0.15, 0.2) is 0 Å². The molecule has 0 radical (unpaired) electrons. The highest BCUT2D eigenvalue weighted by Crippen LogP contribution is 2.23. The fraction of sp³-hybridized carbons (Fsp3) is 0. The minimum Gasteiger partial charge on any atom is -0.286 e. The third-order valence-corrected chi connectivity index (χ3v) is 3.05. The molecule has 0 aromatic heterocycles. The molecular weight excluding hydrogens is 224 g/mol. The summed E-state index contributed by atoms with van der Waals surface area (Å²) in [7, 11) is 0. The summed E-state index contributed by atoms with van der Waals surface area (Å²) in [6.07, 6.45) is 0. The summed E-state index contributed by atoms with van der Waals surface area (Å²) in [4.78, 5) is 23.6. The van der Waals surface area contributed by atoms with Crippen molar-refractivity contribution < 1.29 is 0 Å². The first-order chi connectivity index (χ1) is 8.77. The Labute approximate surface area is 103 Å². The smallest absolute Gasteiger partial charge is 0.234 e. The molecule has 0 spiro atoms. The normalized spacial score (nSPS) is 10.7. The Morgan fingerprint density at radius 1 is 0.667 bits per heavy atom. The molecule has 1 aromatic rings. The molecule has 0 saturated carbocycles. The zero-order valence-electron chi connectivity index (χ0n) is 9.59. The molecule has 2 heteroatoms. The lowest BCUT2D eigenvalue weighted by molar-refractivity contribution is 1.47. The molecule has 18 heavy (non-hydrogen) atoms. The van der Waals surface area contributed by atoms with Crippen molar-refractivity contribution in [1.82, 2.24) is 0 Å². The standard InChI is InChI=1S/C16H10O2/c17-14-10-9-12-7-2-1-5-11-6-3-4-8-13(11)15(12)16(14)18/h1-10H. The second-order valence-corrected chi connectivity index (χ2v) is 4.16. The van der Waals surface area contributed by atoms with Crippen molar-refractivity contribution in [3.63, 3.8) is 0 Å². The lowest BCUT2D eigenvalue weighted by Crippen LogP contribution is -2.24. The molecule has 3 rings (SSSR count). The number of benzene rings is 2. The molecule has 0 saturated heterocycles. The van der Waals surface area contributed by atoms with Crippen LogP contribution < -0.4 is 10.9 Å². The predicted molar refractivity (Wildman–Crippen MR) is 73.1 cm³/mol. The second-order valence-electron chi connectivity index (χ2n) is 4.16. The van der Waals surface area contributed by atoms with Crippen molar-refractivity contribution in [2.24, 2.45) is 0 Å². The van der Waals surface area contributed by atoms with Crippen LogP contribution in [0.2, 0.25) is 0 Å². The van der Waals surface area contributed by atoms with E-state index in [0.29, 0.717) is 5.56 Å². The highest BCUT2D eigenvalue weighted by molar-refractivity contribution is 5.95. The topological polar surface area (TPSA) is 34.1 Å². The van der Waals surface area contributed by atoms with Gasteiger partial charge in [-0.3, -0.25) is 9.59 Å². The minimum atomic E-state index is -0.457. The second kappa shape index (κ2) is 4.08. The van der Waals surface area contributed by atoms with Gasteiger partial charge in [0.25, 0.3) is 0 Å². The largest absolute Gasteiger partial charge is 0.286 e. The number of fused-ring (bicyclic) bond motifs is 3. The van der Waals surface area contributed by atoms with Crippen molar-refractivity contribution in [2.45, 2.75) is 0 Å². The maximum absolute atomic E-state index is 12.1. The van der Waals surface area contributed by atoms with Gasteiger partial charge >= 0.3 is 0 Å². The van der Waals surface area contributed by atoms with E-state index in [0.717, 1.165) is 16.3 Å². The Hall–Kier alpha value is -2.48. The van der Waals surface area contributed by atoms with E-state index < -0.39 is 10.9 Å². The maximum Gasteiger partial charge on any atom is 0.234 e. The molecule has 0 amide bonds. The molecule has 2 aliphatic rings. The molecule has 0 bridgehead atoms. The van der Waals surface area contributed by atoms with Gasteiger partial charge in [-0.25, -0.2) is 0 Å². The van der Waals surface area contributed by atoms with E-state index in [9.17, 15) is 9.59 Å². The summed E-state index contributed by atoms with van der Waals surface area (Å²) in [5, 5.41) is 1.77. The Balaban J connectivity index is 2.69. The van der Waals surface area contributed by atoms with Crippen LogP contribution >= 0.6 is 0 Å². The van der Waals surface area contributed by atoms with Crippen LogP contribution in [0.15, 0.2) is 70.3 Å². The third-order valence-electron chi connectivity index (χ3n) is 3.05. The zero-order valence-corrected chi connectivity index (χ0v) is 9.59. The van der Waals surface area contributed by atoms with Crippen molar-refractivity contribution in [1.29, 1.82) is 0 Å². The molecule has 2 nitrogen and oxygen atoms in total. The first kappa shape index (κ1) is 10.7. The first-order valence-corrected chi connectivity index (χ1v) is 5.72. The third kappa shape index (κ3) is 1.59. The summed E-state index contributed by atoms with van der Waals surface area (Å²) >= 11 is 0. The average molecular weight is 234 g/mol. The molecule has 86 valence electrons. The molecule has 0 fully saturated rings. The molecule has 0 atom stereocenters. The van der Waals surface area contributed by atoms with Gasteiger partial charge in [-0.2, -0.15) is 0 Å². The van der Waals surface area contributed by atoms with Crippen LogP contribution in [0.3, 0.4) is 0 Å². The van der Waals surface area contributed by atoms with Crippen LogP contribution in [0.25, 0.3) is 21.9 Å². The summed E-state index contributed by atoms with van der Waals surface area (Å²) < 4.78 is 0. The van der Waals surface area contributed by atoms with Gasteiger partial charge in [-0.1, -0.05) is 54.6 Å². The van der Waals surface area contributed by atoms with Crippen molar-refractivity contribution in [3.8, 4) is 11.1 Å². The van der Waals surface area contributed by atoms with Crippen LogP contribution in [0.5, 0.6) is 0 Å². The summed E-state index contributed by atoms with van der Waals surface area (Å²) in [5.41, 5.74) is 0.400. The fourth-order valence-electron chi connectivity index (χ4n) is 2.18. The summed E-state index contributed by atoms with van der Waals surface area (Å²) in [6.45, 7) is 0. The van der Waals surface area contributed by atoms with Gasteiger partial charge in [0.1, 0.15) is 0 Å². The Morgan fingerprint density at radius 3 is 2.11 bits per heavy atom. The van der Waals surface area contributed by atoms with Crippen molar-refractivity contribution in [3.05, 3.63) is 81.1 Å². The molecule has 0 heterocycles. The Bertz CT molecular complexity index is 822. The van der Waals surface area contributed by atoms with E-state index >= 15 is 0 Å². The molecule has 0 N–H and O–H groups in total. The summed E-state index contributed by atoms with van der Waals surface area (Å²) in [5.74, 6) is 0. The molecule has 0 aliphatic heterocycles. The SMILES string of the molecule is O=c1ccc2ccccc3ccccc3c-2c1=O. The number of rotatable bonds is 0. The fourth-order valence-corrected chi connectivity index (χ4v) is 2.18. The maximum atomic E-state index is 12.1. The Kier molecular flexibility index (Phi) is 2.41. The van der Waals surface area contributed by atoms with E-state index in [1.54, 1.807) is 6.07 Å². The number of hydrogen-bond donors (Lipinski definition) is 0. The van der Waals surface area contributed by atoms with Gasteiger partial charge in [0, 0.05) is 5.56 Å². The van der Waals surface area contributed by atoms with Crippen molar-refractivity contribution >= 4 is 10.8 Å². The van der Waals surface area contributed by atoms with E-state index in [2.05, 4.69) is 0 Å². The van der Waals surface area contributed by atoms with Gasteiger partial charge in [-0.15, -0.1) is 0 Å². The number of hydrogen-bond acceptors (Lipinski definition) is 2. The molecule has 0 unspecified atom stereocenters. The molecular formula is C16H10O2. The van der Waals surface area contributed by atoms with E-state index in [1.807, 2.05) is 48.5 Å².